The molecule has 0 atom stereocenters. The molecule has 1 amide bonds. The second-order valence-electron chi connectivity index (χ2n) is 4.76. The Hall–Kier alpha value is -2.21. The van der Waals surface area contributed by atoms with E-state index < -0.39 is 0 Å². The van der Waals surface area contributed by atoms with E-state index in [-0.39, 0.29) is 5.91 Å². The van der Waals surface area contributed by atoms with Crippen LogP contribution in [0, 0.1) is 0 Å². The van der Waals surface area contributed by atoms with E-state index in [4.69, 9.17) is 0 Å². The second kappa shape index (κ2) is 6.05. The fourth-order valence-corrected chi connectivity index (χ4v) is 2.97. The summed E-state index contributed by atoms with van der Waals surface area (Å²) in [4.78, 5) is 24.0. The van der Waals surface area contributed by atoms with Crippen molar-refractivity contribution in [1.29, 1.82) is 0 Å². The standard InChI is InChI=1S/C15H16N4OS/c1-2-5-14-19-12(9-21-14)15(20)16-8-13-17-10-6-3-4-7-11(10)18-13/h3-4,6-7,9H,2,5,8H2,1H3,(H,16,20)(H,17,18). The lowest BCUT2D eigenvalue weighted by Gasteiger charge is -1.99. The highest BCUT2D eigenvalue weighted by Crippen LogP contribution is 2.12. The van der Waals surface area contributed by atoms with E-state index >= 15 is 0 Å². The van der Waals surface area contributed by atoms with Gasteiger partial charge in [-0.1, -0.05) is 19.1 Å². The number of hydrogen-bond acceptors (Lipinski definition) is 4. The number of rotatable bonds is 5. The number of thiazole rings is 1. The van der Waals surface area contributed by atoms with E-state index in [2.05, 4.69) is 27.2 Å². The number of amides is 1. The summed E-state index contributed by atoms with van der Waals surface area (Å²) >= 11 is 1.53. The van der Waals surface area contributed by atoms with E-state index in [0.717, 1.165) is 34.7 Å². The van der Waals surface area contributed by atoms with Crippen molar-refractivity contribution in [2.24, 2.45) is 0 Å². The van der Waals surface area contributed by atoms with Crippen molar-refractivity contribution in [3.05, 3.63) is 46.2 Å². The van der Waals surface area contributed by atoms with Crippen LogP contribution in [0.3, 0.4) is 0 Å². The summed E-state index contributed by atoms with van der Waals surface area (Å²) in [6.07, 6.45) is 1.95. The minimum atomic E-state index is -0.158. The molecule has 6 heteroatoms. The molecule has 0 fully saturated rings. The number of aromatic amines is 1. The first-order chi connectivity index (χ1) is 10.3. The first-order valence-electron chi connectivity index (χ1n) is 6.92. The first kappa shape index (κ1) is 13.8. The van der Waals surface area contributed by atoms with Gasteiger partial charge in [0.15, 0.2) is 0 Å². The van der Waals surface area contributed by atoms with E-state index in [1.165, 1.54) is 11.3 Å². The number of aryl methyl sites for hydroxylation is 1. The van der Waals surface area contributed by atoms with Crippen molar-refractivity contribution >= 4 is 28.3 Å². The molecule has 2 N–H and O–H groups in total. The maximum absolute atomic E-state index is 12.0. The van der Waals surface area contributed by atoms with Gasteiger partial charge >= 0.3 is 0 Å². The lowest BCUT2D eigenvalue weighted by atomic mass is 10.3. The van der Waals surface area contributed by atoms with Crippen LogP contribution < -0.4 is 5.32 Å². The van der Waals surface area contributed by atoms with Crippen LogP contribution in [-0.2, 0) is 13.0 Å². The van der Waals surface area contributed by atoms with E-state index in [1.807, 2.05) is 24.3 Å². The van der Waals surface area contributed by atoms with Crippen molar-refractivity contribution < 1.29 is 4.79 Å². The predicted molar refractivity (Wildman–Crippen MR) is 83.4 cm³/mol. The van der Waals surface area contributed by atoms with Crippen LogP contribution in [0.15, 0.2) is 29.6 Å². The summed E-state index contributed by atoms with van der Waals surface area (Å²) < 4.78 is 0. The van der Waals surface area contributed by atoms with Crippen molar-refractivity contribution in [2.45, 2.75) is 26.3 Å². The number of nitrogens with zero attached hydrogens (tertiary/aromatic N) is 2. The predicted octanol–water partition coefficient (Wildman–Crippen LogP) is 2.90. The summed E-state index contributed by atoms with van der Waals surface area (Å²) in [6.45, 7) is 2.47. The lowest BCUT2D eigenvalue weighted by Crippen LogP contribution is -2.23. The molecule has 108 valence electrons. The summed E-state index contributed by atoms with van der Waals surface area (Å²) in [5.74, 6) is 0.586. The Labute approximate surface area is 126 Å². The molecule has 0 radical (unpaired) electrons. The summed E-state index contributed by atoms with van der Waals surface area (Å²) in [7, 11) is 0. The molecule has 0 saturated carbocycles. The van der Waals surface area contributed by atoms with Crippen LogP contribution in [0.25, 0.3) is 11.0 Å². The highest BCUT2D eigenvalue weighted by molar-refractivity contribution is 7.09. The Morgan fingerprint density at radius 3 is 3.00 bits per heavy atom. The van der Waals surface area contributed by atoms with Gasteiger partial charge in [0, 0.05) is 5.38 Å². The molecule has 0 bridgehead atoms. The number of fused-ring (bicyclic) bond motifs is 1. The number of H-pyrrole nitrogens is 1. The minimum Gasteiger partial charge on any atom is -0.343 e. The number of nitrogens with one attached hydrogen (secondary N) is 2. The van der Waals surface area contributed by atoms with Crippen molar-refractivity contribution in [3.63, 3.8) is 0 Å². The lowest BCUT2D eigenvalue weighted by molar-refractivity contribution is 0.0945. The largest absolute Gasteiger partial charge is 0.343 e. The Morgan fingerprint density at radius 2 is 2.19 bits per heavy atom. The zero-order valence-corrected chi connectivity index (χ0v) is 12.5. The molecule has 0 spiro atoms. The van der Waals surface area contributed by atoms with Crippen LogP contribution in [0.1, 0.15) is 34.7 Å². The van der Waals surface area contributed by atoms with E-state index in [0.29, 0.717) is 12.2 Å². The smallest absolute Gasteiger partial charge is 0.271 e. The molecule has 0 unspecified atom stereocenters. The van der Waals surface area contributed by atoms with Crippen LogP contribution in [0.5, 0.6) is 0 Å². The van der Waals surface area contributed by atoms with Crippen molar-refractivity contribution in [3.8, 4) is 0 Å². The van der Waals surface area contributed by atoms with Crippen LogP contribution in [-0.4, -0.2) is 20.9 Å². The molecule has 0 aliphatic heterocycles. The third-order valence-corrected chi connectivity index (χ3v) is 4.01. The SMILES string of the molecule is CCCc1nc(C(=O)NCc2nc3ccccc3[nH]2)cs1. The van der Waals surface area contributed by atoms with Gasteiger partial charge in [-0.3, -0.25) is 4.79 Å². The maximum Gasteiger partial charge on any atom is 0.271 e. The van der Waals surface area contributed by atoms with Crippen LogP contribution in [0.2, 0.25) is 0 Å². The topological polar surface area (TPSA) is 70.7 Å². The second-order valence-corrected chi connectivity index (χ2v) is 5.70. The maximum atomic E-state index is 12.0. The van der Waals surface area contributed by atoms with E-state index in [9.17, 15) is 4.79 Å². The molecular formula is C15H16N4OS. The van der Waals surface area contributed by atoms with Gasteiger partial charge in [-0.2, -0.15) is 0 Å². The Morgan fingerprint density at radius 1 is 1.33 bits per heavy atom. The van der Waals surface area contributed by atoms with Gasteiger partial charge in [-0.05, 0) is 25.0 Å². The monoisotopic (exact) mass is 300 g/mol. The highest BCUT2D eigenvalue weighted by Gasteiger charge is 2.11. The zero-order chi connectivity index (χ0) is 14.7. The fourth-order valence-electron chi connectivity index (χ4n) is 2.09. The average Bonchev–Trinajstić information content (AvgIpc) is 3.11. The third-order valence-electron chi connectivity index (χ3n) is 3.10. The van der Waals surface area contributed by atoms with Crippen molar-refractivity contribution in [1.82, 2.24) is 20.3 Å². The molecule has 0 saturated heterocycles. The highest BCUT2D eigenvalue weighted by atomic mass is 32.1. The Bertz CT molecular complexity index is 729. The van der Waals surface area contributed by atoms with Gasteiger partial charge in [0.2, 0.25) is 0 Å². The molecule has 5 nitrogen and oxygen atoms in total. The third kappa shape index (κ3) is 3.11. The minimum absolute atomic E-state index is 0.158. The first-order valence-corrected chi connectivity index (χ1v) is 7.80. The number of hydrogen-bond donors (Lipinski definition) is 2. The number of para-hydroxylation sites is 2. The normalized spacial score (nSPS) is 10.9. The summed E-state index contributed by atoms with van der Waals surface area (Å²) in [6, 6.07) is 7.79. The fraction of sp³-hybridized carbons (Fsp3) is 0.267. The van der Waals surface area contributed by atoms with Gasteiger partial charge in [0.05, 0.1) is 22.6 Å². The summed E-state index contributed by atoms with van der Waals surface area (Å²) in [5.41, 5.74) is 2.36. The van der Waals surface area contributed by atoms with Gasteiger partial charge in [-0.25, -0.2) is 9.97 Å². The summed E-state index contributed by atoms with van der Waals surface area (Å²) in [5, 5.41) is 5.65. The van der Waals surface area contributed by atoms with Gasteiger partial charge in [0.25, 0.3) is 5.91 Å². The average molecular weight is 300 g/mol. The molecular weight excluding hydrogens is 284 g/mol. The van der Waals surface area contributed by atoms with Crippen LogP contribution >= 0.6 is 11.3 Å². The molecule has 3 aromatic rings. The number of aromatic nitrogens is 3. The van der Waals surface area contributed by atoms with Gasteiger partial charge in [0.1, 0.15) is 11.5 Å². The number of benzene rings is 1. The zero-order valence-electron chi connectivity index (χ0n) is 11.7. The molecule has 0 aliphatic rings. The number of carbonyl (C=O) groups is 1. The molecule has 1 aromatic carbocycles. The van der Waals surface area contributed by atoms with Crippen LogP contribution in [0.4, 0.5) is 0 Å². The molecule has 2 heterocycles. The molecule has 21 heavy (non-hydrogen) atoms. The number of carbonyl (C=O) groups excluding carboxylic acids is 1. The molecule has 2 aromatic heterocycles. The quantitative estimate of drug-likeness (QED) is 0.761. The van der Waals surface area contributed by atoms with Crippen molar-refractivity contribution in [2.75, 3.05) is 0 Å². The van der Waals surface area contributed by atoms with Gasteiger partial charge in [-0.15, -0.1) is 11.3 Å². The Balaban J connectivity index is 1.64. The Kier molecular flexibility index (Phi) is 3.96. The molecule has 0 aliphatic carbocycles. The van der Waals surface area contributed by atoms with E-state index in [1.54, 1.807) is 5.38 Å². The van der Waals surface area contributed by atoms with Gasteiger partial charge < -0.3 is 10.3 Å². The number of imidazole rings is 1. The molecule has 3 rings (SSSR count).